The molecule has 100 valence electrons. The molecule has 0 radical (unpaired) electrons. The summed E-state index contributed by atoms with van der Waals surface area (Å²) in [4.78, 5) is 14.1. The second kappa shape index (κ2) is 4.76. The zero-order valence-corrected chi connectivity index (χ0v) is 11.6. The summed E-state index contributed by atoms with van der Waals surface area (Å²) in [7, 11) is 3.45. The van der Waals surface area contributed by atoms with Gasteiger partial charge in [-0.05, 0) is 25.5 Å². The average molecular weight is 258 g/mol. The van der Waals surface area contributed by atoms with Gasteiger partial charge in [-0.3, -0.25) is 9.48 Å². The van der Waals surface area contributed by atoms with Gasteiger partial charge >= 0.3 is 0 Å². The van der Waals surface area contributed by atoms with E-state index >= 15 is 0 Å². The molecule has 0 aliphatic heterocycles. The summed E-state index contributed by atoms with van der Waals surface area (Å²) in [5, 5.41) is 3.99. The summed E-state index contributed by atoms with van der Waals surface area (Å²) in [5.41, 5.74) is 9.68. The molecule has 0 fully saturated rings. The number of aryl methyl sites for hydroxylation is 3. The van der Waals surface area contributed by atoms with E-state index in [2.05, 4.69) is 5.10 Å². The van der Waals surface area contributed by atoms with Crippen LogP contribution in [0.1, 0.15) is 21.6 Å². The smallest absolute Gasteiger partial charge is 0.278 e. The Morgan fingerprint density at radius 1 is 1.37 bits per heavy atom. The van der Waals surface area contributed by atoms with Crippen LogP contribution in [0.25, 0.3) is 0 Å². The molecule has 0 unspecified atom stereocenters. The van der Waals surface area contributed by atoms with Crippen molar-refractivity contribution in [2.75, 3.05) is 17.7 Å². The number of amides is 1. The monoisotopic (exact) mass is 258 g/mol. The summed E-state index contributed by atoms with van der Waals surface area (Å²) in [6.07, 6.45) is 1.49. The fourth-order valence-electron chi connectivity index (χ4n) is 2.17. The van der Waals surface area contributed by atoms with Gasteiger partial charge in [0.15, 0.2) is 0 Å². The number of carbonyl (C=O) groups is 1. The lowest BCUT2D eigenvalue weighted by molar-refractivity contribution is 0.0985. The van der Waals surface area contributed by atoms with Crippen LogP contribution < -0.4 is 10.6 Å². The Kier molecular flexibility index (Phi) is 3.29. The zero-order valence-electron chi connectivity index (χ0n) is 11.6. The predicted molar refractivity (Wildman–Crippen MR) is 76.3 cm³/mol. The van der Waals surface area contributed by atoms with Crippen LogP contribution in [-0.2, 0) is 7.05 Å². The summed E-state index contributed by atoms with van der Waals surface area (Å²) in [5.74, 6) is -0.163. The van der Waals surface area contributed by atoms with Gasteiger partial charge < -0.3 is 10.6 Å². The SMILES string of the molecule is Cc1ccc(N(C)C(=O)c2c(N)cnn2C)c(C)c1. The first-order valence-electron chi connectivity index (χ1n) is 6.04. The third kappa shape index (κ3) is 2.31. The first-order valence-corrected chi connectivity index (χ1v) is 6.04. The number of hydrogen-bond donors (Lipinski definition) is 1. The zero-order chi connectivity index (χ0) is 14.2. The molecule has 0 spiro atoms. The number of hydrogen-bond acceptors (Lipinski definition) is 3. The van der Waals surface area contributed by atoms with Gasteiger partial charge in [0.2, 0.25) is 0 Å². The van der Waals surface area contributed by atoms with Crippen molar-refractivity contribution >= 4 is 17.3 Å². The Morgan fingerprint density at radius 3 is 2.58 bits per heavy atom. The normalized spacial score (nSPS) is 10.5. The van der Waals surface area contributed by atoms with Crippen LogP contribution in [-0.4, -0.2) is 22.7 Å². The van der Waals surface area contributed by atoms with E-state index in [1.54, 1.807) is 19.0 Å². The Balaban J connectivity index is 2.39. The number of nitrogens with zero attached hydrogens (tertiary/aromatic N) is 3. The minimum absolute atomic E-state index is 0.163. The maximum absolute atomic E-state index is 12.5. The summed E-state index contributed by atoms with van der Waals surface area (Å²) >= 11 is 0. The number of nitrogen functional groups attached to an aromatic ring is 1. The van der Waals surface area contributed by atoms with Gasteiger partial charge in [-0.2, -0.15) is 5.10 Å². The molecule has 1 aromatic carbocycles. The molecule has 0 aliphatic carbocycles. The first kappa shape index (κ1) is 13.1. The van der Waals surface area contributed by atoms with Crippen molar-refractivity contribution in [1.82, 2.24) is 9.78 Å². The fourth-order valence-corrected chi connectivity index (χ4v) is 2.17. The Labute approximate surface area is 112 Å². The van der Waals surface area contributed by atoms with E-state index in [-0.39, 0.29) is 5.91 Å². The molecular weight excluding hydrogens is 240 g/mol. The molecule has 0 saturated carbocycles. The van der Waals surface area contributed by atoms with E-state index in [0.717, 1.165) is 11.3 Å². The topological polar surface area (TPSA) is 64.2 Å². The molecule has 1 heterocycles. The molecular formula is C14H18N4O. The van der Waals surface area contributed by atoms with Crippen molar-refractivity contribution in [2.45, 2.75) is 13.8 Å². The van der Waals surface area contributed by atoms with Gasteiger partial charge in [0.1, 0.15) is 5.69 Å². The number of benzene rings is 1. The lowest BCUT2D eigenvalue weighted by Gasteiger charge is -2.20. The molecule has 0 aliphatic rings. The number of nitrogens with two attached hydrogens (primary N) is 1. The largest absolute Gasteiger partial charge is 0.396 e. The van der Waals surface area contributed by atoms with Crippen LogP contribution in [0.15, 0.2) is 24.4 Å². The summed E-state index contributed by atoms with van der Waals surface area (Å²) < 4.78 is 1.50. The quantitative estimate of drug-likeness (QED) is 0.894. The van der Waals surface area contributed by atoms with Crippen LogP contribution >= 0.6 is 0 Å². The molecule has 1 amide bonds. The summed E-state index contributed by atoms with van der Waals surface area (Å²) in [6.45, 7) is 4.01. The predicted octanol–water partition coefficient (Wildman–Crippen LogP) is 1.90. The highest BCUT2D eigenvalue weighted by atomic mass is 16.2. The second-order valence-corrected chi connectivity index (χ2v) is 4.73. The van der Waals surface area contributed by atoms with Crippen molar-refractivity contribution in [3.05, 3.63) is 41.2 Å². The van der Waals surface area contributed by atoms with E-state index in [1.165, 1.54) is 16.4 Å². The third-order valence-corrected chi connectivity index (χ3v) is 3.19. The highest BCUT2D eigenvalue weighted by Crippen LogP contribution is 2.23. The van der Waals surface area contributed by atoms with Crippen LogP contribution in [0.4, 0.5) is 11.4 Å². The van der Waals surface area contributed by atoms with E-state index in [1.807, 2.05) is 32.0 Å². The minimum atomic E-state index is -0.163. The molecule has 0 atom stereocenters. The van der Waals surface area contributed by atoms with Crippen LogP contribution in [0, 0.1) is 13.8 Å². The van der Waals surface area contributed by atoms with Crippen molar-refractivity contribution in [2.24, 2.45) is 7.05 Å². The van der Waals surface area contributed by atoms with Crippen LogP contribution in [0.2, 0.25) is 0 Å². The van der Waals surface area contributed by atoms with Crippen molar-refractivity contribution < 1.29 is 4.79 Å². The average Bonchev–Trinajstić information content (AvgIpc) is 2.67. The number of carbonyl (C=O) groups excluding carboxylic acids is 1. The van der Waals surface area contributed by atoms with Crippen molar-refractivity contribution in [3.63, 3.8) is 0 Å². The Bertz CT molecular complexity index is 611. The van der Waals surface area contributed by atoms with Gasteiger partial charge in [-0.25, -0.2) is 0 Å². The Hall–Kier alpha value is -2.30. The van der Waals surface area contributed by atoms with E-state index in [9.17, 15) is 4.79 Å². The number of anilines is 2. The fraction of sp³-hybridized carbons (Fsp3) is 0.286. The van der Waals surface area contributed by atoms with E-state index < -0.39 is 0 Å². The third-order valence-electron chi connectivity index (χ3n) is 3.19. The van der Waals surface area contributed by atoms with Gasteiger partial charge in [0.25, 0.3) is 5.91 Å². The molecule has 2 aromatic rings. The highest BCUT2D eigenvalue weighted by Gasteiger charge is 2.21. The molecule has 2 rings (SSSR count). The number of aromatic nitrogens is 2. The molecule has 0 saturated heterocycles. The maximum atomic E-state index is 12.5. The van der Waals surface area contributed by atoms with Crippen molar-refractivity contribution in [1.29, 1.82) is 0 Å². The minimum Gasteiger partial charge on any atom is -0.396 e. The van der Waals surface area contributed by atoms with E-state index in [4.69, 9.17) is 5.73 Å². The number of rotatable bonds is 2. The second-order valence-electron chi connectivity index (χ2n) is 4.73. The van der Waals surface area contributed by atoms with Gasteiger partial charge in [0.05, 0.1) is 11.9 Å². The molecule has 19 heavy (non-hydrogen) atoms. The Morgan fingerprint density at radius 2 is 2.05 bits per heavy atom. The molecule has 5 heteroatoms. The molecule has 5 nitrogen and oxygen atoms in total. The van der Waals surface area contributed by atoms with Gasteiger partial charge in [-0.15, -0.1) is 0 Å². The van der Waals surface area contributed by atoms with Gasteiger partial charge in [0, 0.05) is 19.8 Å². The molecule has 0 bridgehead atoms. The lowest BCUT2D eigenvalue weighted by Crippen LogP contribution is -2.29. The highest BCUT2D eigenvalue weighted by molar-refractivity contribution is 6.08. The van der Waals surface area contributed by atoms with E-state index in [0.29, 0.717) is 11.4 Å². The molecule has 2 N–H and O–H groups in total. The van der Waals surface area contributed by atoms with Gasteiger partial charge in [-0.1, -0.05) is 17.7 Å². The maximum Gasteiger partial charge on any atom is 0.278 e. The lowest BCUT2D eigenvalue weighted by atomic mass is 10.1. The standard InChI is InChI=1S/C14H18N4O/c1-9-5-6-12(10(2)7-9)17(3)14(19)13-11(15)8-16-18(13)4/h5-8H,15H2,1-4H3. The molecule has 1 aromatic heterocycles. The first-order chi connectivity index (χ1) is 8.91. The van der Waals surface area contributed by atoms with Crippen LogP contribution in [0.3, 0.4) is 0 Å². The summed E-state index contributed by atoms with van der Waals surface area (Å²) in [6, 6.07) is 5.97. The van der Waals surface area contributed by atoms with Crippen molar-refractivity contribution in [3.8, 4) is 0 Å². The van der Waals surface area contributed by atoms with Crippen LogP contribution in [0.5, 0.6) is 0 Å².